The highest BCUT2D eigenvalue weighted by Crippen LogP contribution is 2.39. The van der Waals surface area contributed by atoms with Crippen LogP contribution in [0.3, 0.4) is 0 Å². The number of methoxy groups -OCH3 is 2. The molecule has 1 heterocycles. The van der Waals surface area contributed by atoms with E-state index in [-0.39, 0.29) is 22.6 Å². The summed E-state index contributed by atoms with van der Waals surface area (Å²) >= 11 is 0. The van der Waals surface area contributed by atoms with Gasteiger partial charge in [-0.1, -0.05) is 26.8 Å². The molecule has 8 heteroatoms. The van der Waals surface area contributed by atoms with Gasteiger partial charge in [0.05, 0.1) is 20.3 Å². The van der Waals surface area contributed by atoms with Crippen LogP contribution < -0.4 is 14.8 Å². The molecule has 1 N–H and O–H groups in total. The number of hydrogen-bond acceptors (Lipinski definition) is 6. The first-order valence-electron chi connectivity index (χ1n) is 9.33. The molecule has 1 aliphatic heterocycles. The lowest BCUT2D eigenvalue weighted by molar-refractivity contribution is -0.154. The van der Waals surface area contributed by atoms with E-state index < -0.39 is 26.4 Å². The fourth-order valence-electron chi connectivity index (χ4n) is 2.87. The van der Waals surface area contributed by atoms with Crippen LogP contribution in [-0.2, 0) is 14.0 Å². The molecule has 28 heavy (non-hydrogen) atoms. The number of ether oxygens (including phenoxy) is 3. The summed E-state index contributed by atoms with van der Waals surface area (Å²) in [5.41, 5.74) is 0.186. The van der Waals surface area contributed by atoms with E-state index in [1.165, 1.54) is 14.2 Å². The van der Waals surface area contributed by atoms with E-state index in [1.807, 2.05) is 6.92 Å². The van der Waals surface area contributed by atoms with Crippen LogP contribution in [0.1, 0.15) is 38.1 Å². The molecular weight excluding hydrogens is 378 g/mol. The number of nitrogens with one attached hydrogen (secondary N) is 1. The smallest absolute Gasteiger partial charge is 0.347 e. The molecule has 1 amide bonds. The van der Waals surface area contributed by atoms with Gasteiger partial charge in [0.25, 0.3) is 0 Å². The molecule has 0 spiro atoms. The number of amides is 1. The molecule has 0 aromatic heterocycles. The van der Waals surface area contributed by atoms with Crippen molar-refractivity contribution in [2.24, 2.45) is 5.92 Å². The summed E-state index contributed by atoms with van der Waals surface area (Å²) in [6, 6.07) is 5.02. The van der Waals surface area contributed by atoms with Crippen LogP contribution in [-0.4, -0.2) is 46.7 Å². The summed E-state index contributed by atoms with van der Waals surface area (Å²) in [5, 5.41) is 2.66. The van der Waals surface area contributed by atoms with Crippen molar-refractivity contribution in [2.45, 2.75) is 58.2 Å². The molecule has 1 fully saturated rings. The van der Waals surface area contributed by atoms with Crippen molar-refractivity contribution in [3.8, 4) is 11.5 Å². The van der Waals surface area contributed by atoms with E-state index in [0.29, 0.717) is 11.5 Å². The Bertz CT molecular complexity index is 720. The summed E-state index contributed by atoms with van der Waals surface area (Å²) in [4.78, 5) is 24.9. The normalized spacial score (nSPS) is 20.6. The molecule has 3 atom stereocenters. The Labute approximate surface area is 167 Å². The maximum Gasteiger partial charge on any atom is 0.347 e. The molecule has 1 aromatic rings. The van der Waals surface area contributed by atoms with Crippen molar-refractivity contribution in [3.63, 3.8) is 0 Å². The summed E-state index contributed by atoms with van der Waals surface area (Å²) in [7, 11) is 0.868. The first kappa shape index (κ1) is 22.2. The molecule has 0 radical (unpaired) electrons. The zero-order chi connectivity index (χ0) is 21.3. The molecular formula is C20H31NO6Si. The van der Waals surface area contributed by atoms with Crippen molar-refractivity contribution in [2.75, 3.05) is 14.2 Å². The van der Waals surface area contributed by atoms with Crippen LogP contribution in [0.15, 0.2) is 18.2 Å². The van der Waals surface area contributed by atoms with Crippen LogP contribution in [0.5, 0.6) is 11.5 Å². The molecule has 0 saturated carbocycles. The Balaban J connectivity index is 2.15. The van der Waals surface area contributed by atoms with Gasteiger partial charge in [0.1, 0.15) is 23.0 Å². The highest BCUT2D eigenvalue weighted by Gasteiger charge is 2.49. The third kappa shape index (κ3) is 4.33. The van der Waals surface area contributed by atoms with Gasteiger partial charge in [0.2, 0.25) is 5.91 Å². The predicted molar refractivity (Wildman–Crippen MR) is 108 cm³/mol. The van der Waals surface area contributed by atoms with E-state index in [9.17, 15) is 9.59 Å². The topological polar surface area (TPSA) is 83.1 Å². The number of rotatable bonds is 7. The monoisotopic (exact) mass is 409 g/mol. The lowest BCUT2D eigenvalue weighted by Gasteiger charge is -2.44. The molecule has 0 bridgehead atoms. The van der Waals surface area contributed by atoms with E-state index in [2.05, 4.69) is 39.2 Å². The number of carbonyl (C=O) groups excluding carboxylic acids is 2. The fourth-order valence-corrected chi connectivity index (χ4v) is 4.30. The number of hydrogen-bond donors (Lipinski definition) is 1. The minimum atomic E-state index is -2.07. The van der Waals surface area contributed by atoms with Crippen LogP contribution >= 0.6 is 0 Å². The van der Waals surface area contributed by atoms with E-state index in [1.54, 1.807) is 18.2 Å². The Morgan fingerprint density at radius 1 is 1.14 bits per heavy atom. The van der Waals surface area contributed by atoms with Crippen molar-refractivity contribution < 1.29 is 28.2 Å². The summed E-state index contributed by atoms with van der Waals surface area (Å²) < 4.78 is 22.4. The van der Waals surface area contributed by atoms with Crippen LogP contribution in [0.25, 0.3) is 0 Å². The predicted octanol–water partition coefficient (Wildman–Crippen LogP) is 3.34. The van der Waals surface area contributed by atoms with Gasteiger partial charge in [-0.15, -0.1) is 0 Å². The third-order valence-electron chi connectivity index (χ3n) is 5.57. The molecule has 1 aliphatic rings. The Morgan fingerprint density at radius 2 is 1.68 bits per heavy atom. The zero-order valence-corrected chi connectivity index (χ0v) is 18.9. The molecule has 0 aliphatic carbocycles. The first-order chi connectivity index (χ1) is 12.9. The lowest BCUT2D eigenvalue weighted by atomic mass is 9.93. The Hall–Kier alpha value is -2.06. The van der Waals surface area contributed by atoms with Crippen molar-refractivity contribution in [3.05, 3.63) is 23.8 Å². The van der Waals surface area contributed by atoms with Gasteiger partial charge in [0.15, 0.2) is 14.5 Å². The van der Waals surface area contributed by atoms with Gasteiger partial charge >= 0.3 is 5.97 Å². The Kier molecular flexibility index (Phi) is 6.45. The highest BCUT2D eigenvalue weighted by atomic mass is 28.4. The molecule has 2 rings (SSSR count). The van der Waals surface area contributed by atoms with Gasteiger partial charge in [-0.25, -0.2) is 4.79 Å². The lowest BCUT2D eigenvalue weighted by Crippen LogP contribution is -2.65. The van der Waals surface area contributed by atoms with Gasteiger partial charge in [0, 0.05) is 0 Å². The second-order valence-corrected chi connectivity index (χ2v) is 13.2. The average molecular weight is 410 g/mol. The molecule has 1 aromatic carbocycles. The second kappa shape index (κ2) is 8.12. The minimum absolute atomic E-state index is 0.0123. The maximum absolute atomic E-state index is 12.8. The maximum atomic E-state index is 12.8. The largest absolute Gasteiger partial charge is 0.496 e. The number of carbonyl (C=O) groups is 2. The van der Waals surface area contributed by atoms with Crippen LogP contribution in [0.4, 0.5) is 0 Å². The quantitative estimate of drug-likeness (QED) is 0.422. The fraction of sp³-hybridized carbons (Fsp3) is 0.600. The Morgan fingerprint density at radius 3 is 2.11 bits per heavy atom. The molecule has 156 valence electrons. The first-order valence-corrected chi connectivity index (χ1v) is 12.2. The third-order valence-corrected chi connectivity index (χ3v) is 10.1. The van der Waals surface area contributed by atoms with E-state index in [0.717, 1.165) is 0 Å². The highest BCUT2D eigenvalue weighted by molar-refractivity contribution is 6.74. The second-order valence-electron chi connectivity index (χ2n) is 8.48. The van der Waals surface area contributed by atoms with E-state index in [4.69, 9.17) is 18.6 Å². The van der Waals surface area contributed by atoms with Crippen molar-refractivity contribution >= 4 is 20.2 Å². The van der Waals surface area contributed by atoms with Gasteiger partial charge < -0.3 is 24.0 Å². The standard InChI is InChI=1S/C20H31NO6Si/c1-12(27-28(7,8)20(2,3)4)15-17(22)21-18(15)26-19(23)16-13(24-5)10-9-11-14(16)25-6/h9-12,15,18H,1-8H3,(H,21,22)/t12-,15+,18-/m1/s1. The summed E-state index contributed by atoms with van der Waals surface area (Å²) in [5.74, 6) is -0.673. The molecule has 1 saturated heterocycles. The van der Waals surface area contributed by atoms with Crippen molar-refractivity contribution in [1.29, 1.82) is 0 Å². The summed E-state index contributed by atoms with van der Waals surface area (Å²) in [6.45, 7) is 12.5. The SMILES string of the molecule is COc1cccc(OC)c1C(=O)O[C@H]1NC(=O)[C@@H]1[C@@H](C)O[Si](C)(C)C(C)(C)C. The van der Waals surface area contributed by atoms with Crippen LogP contribution in [0, 0.1) is 5.92 Å². The average Bonchev–Trinajstić information content (AvgIpc) is 2.58. The number of benzene rings is 1. The van der Waals surface area contributed by atoms with Crippen LogP contribution in [0.2, 0.25) is 18.1 Å². The van der Waals surface area contributed by atoms with Gasteiger partial charge in [-0.3, -0.25) is 4.79 Å². The molecule has 0 unspecified atom stereocenters. The zero-order valence-electron chi connectivity index (χ0n) is 17.9. The minimum Gasteiger partial charge on any atom is -0.496 e. The summed E-state index contributed by atoms with van der Waals surface area (Å²) in [6.07, 6.45) is -1.12. The number of β-lactam (4-membered cyclic amide) rings is 1. The van der Waals surface area contributed by atoms with Crippen molar-refractivity contribution in [1.82, 2.24) is 5.32 Å². The molecule has 7 nitrogen and oxygen atoms in total. The number of esters is 1. The van der Waals surface area contributed by atoms with Gasteiger partial charge in [-0.05, 0) is 37.2 Å². The van der Waals surface area contributed by atoms with E-state index >= 15 is 0 Å². The van der Waals surface area contributed by atoms with Gasteiger partial charge in [-0.2, -0.15) is 0 Å².